The molecular formula is C24H34O. The maximum atomic E-state index is 6.30. The molecule has 1 aromatic carbocycles. The highest BCUT2D eigenvalue weighted by molar-refractivity contribution is 5.56. The standard InChI is InChI=1S/C24H34O/c1-8-15-25-22-20(23(5,6)7)16-18(4)17-21(22)24(9-2,10-3)19-13-11-12-14-19/h8,11,13-14,16-17H,1,9-10,12,15H2,2-7H3. The van der Waals surface area contributed by atoms with Crippen LogP contribution in [0.2, 0.25) is 0 Å². The average Bonchev–Trinajstić information content (AvgIpc) is 3.09. The summed E-state index contributed by atoms with van der Waals surface area (Å²) in [4.78, 5) is 0. The first-order valence-corrected chi connectivity index (χ1v) is 9.56. The highest BCUT2D eigenvalue weighted by Gasteiger charge is 2.37. The molecule has 0 atom stereocenters. The molecule has 0 bridgehead atoms. The van der Waals surface area contributed by atoms with Gasteiger partial charge in [-0.2, -0.15) is 0 Å². The quantitative estimate of drug-likeness (QED) is 0.497. The van der Waals surface area contributed by atoms with Gasteiger partial charge in [0.1, 0.15) is 12.4 Å². The minimum Gasteiger partial charge on any atom is -0.489 e. The molecule has 0 fully saturated rings. The lowest BCUT2D eigenvalue weighted by molar-refractivity contribution is 0.333. The summed E-state index contributed by atoms with van der Waals surface area (Å²) >= 11 is 0. The van der Waals surface area contributed by atoms with E-state index in [1.165, 1.54) is 22.3 Å². The molecule has 0 N–H and O–H groups in total. The molecule has 0 radical (unpaired) electrons. The highest BCUT2D eigenvalue weighted by atomic mass is 16.5. The summed E-state index contributed by atoms with van der Waals surface area (Å²) in [5.41, 5.74) is 5.41. The third-order valence-corrected chi connectivity index (χ3v) is 5.43. The Hall–Kier alpha value is -1.76. The van der Waals surface area contributed by atoms with E-state index in [2.05, 4.69) is 78.5 Å². The van der Waals surface area contributed by atoms with Crippen molar-refractivity contribution >= 4 is 0 Å². The van der Waals surface area contributed by atoms with Crippen molar-refractivity contribution in [3.8, 4) is 5.75 Å². The molecule has 0 saturated heterocycles. The minimum atomic E-state index is 0.00945. The lowest BCUT2D eigenvalue weighted by atomic mass is 9.68. The maximum absolute atomic E-state index is 6.30. The lowest BCUT2D eigenvalue weighted by Crippen LogP contribution is -2.29. The zero-order chi connectivity index (χ0) is 18.7. The Morgan fingerprint density at radius 1 is 1.12 bits per heavy atom. The van der Waals surface area contributed by atoms with Gasteiger partial charge in [0, 0.05) is 16.5 Å². The SMILES string of the molecule is C=CCOc1c(C(C)(C)C)cc(C)cc1C(CC)(CC)C1=CCC=C1. The Morgan fingerprint density at radius 3 is 2.24 bits per heavy atom. The number of rotatable bonds is 7. The summed E-state index contributed by atoms with van der Waals surface area (Å²) in [5, 5.41) is 0. The van der Waals surface area contributed by atoms with Gasteiger partial charge in [-0.3, -0.25) is 0 Å². The molecule has 1 heteroatoms. The second-order valence-electron chi connectivity index (χ2n) is 8.13. The van der Waals surface area contributed by atoms with Crippen molar-refractivity contribution in [2.24, 2.45) is 0 Å². The van der Waals surface area contributed by atoms with Crippen LogP contribution < -0.4 is 4.74 Å². The van der Waals surface area contributed by atoms with E-state index in [-0.39, 0.29) is 10.8 Å². The summed E-state index contributed by atoms with van der Waals surface area (Å²) in [5.74, 6) is 1.06. The molecule has 1 aromatic rings. The maximum Gasteiger partial charge on any atom is 0.127 e. The van der Waals surface area contributed by atoms with E-state index in [4.69, 9.17) is 4.74 Å². The molecule has 1 aliphatic carbocycles. The summed E-state index contributed by atoms with van der Waals surface area (Å²) in [6.07, 6.45) is 12.0. The summed E-state index contributed by atoms with van der Waals surface area (Å²) in [6.45, 7) is 18.0. The number of hydrogen-bond donors (Lipinski definition) is 0. The fourth-order valence-corrected chi connectivity index (χ4v) is 3.99. The van der Waals surface area contributed by atoms with Crippen molar-refractivity contribution in [2.45, 2.75) is 71.6 Å². The Morgan fingerprint density at radius 2 is 1.76 bits per heavy atom. The van der Waals surface area contributed by atoms with Gasteiger partial charge >= 0.3 is 0 Å². The van der Waals surface area contributed by atoms with Crippen LogP contribution in [0.5, 0.6) is 5.75 Å². The van der Waals surface area contributed by atoms with E-state index in [9.17, 15) is 0 Å². The number of allylic oxidation sites excluding steroid dienone is 4. The average molecular weight is 339 g/mol. The molecule has 0 unspecified atom stereocenters. The van der Waals surface area contributed by atoms with Crippen molar-refractivity contribution < 1.29 is 4.74 Å². The van der Waals surface area contributed by atoms with E-state index >= 15 is 0 Å². The molecule has 1 nitrogen and oxygen atoms in total. The van der Waals surface area contributed by atoms with E-state index in [0.29, 0.717) is 6.61 Å². The Kier molecular flexibility index (Phi) is 5.98. The molecule has 136 valence electrons. The zero-order valence-electron chi connectivity index (χ0n) is 16.9. The van der Waals surface area contributed by atoms with Crippen LogP contribution in [0, 0.1) is 6.92 Å². The van der Waals surface area contributed by atoms with Gasteiger partial charge in [0.2, 0.25) is 0 Å². The number of benzene rings is 1. The van der Waals surface area contributed by atoms with Gasteiger partial charge in [0.25, 0.3) is 0 Å². The monoisotopic (exact) mass is 338 g/mol. The first-order chi connectivity index (χ1) is 11.8. The molecule has 0 spiro atoms. The molecule has 0 aliphatic heterocycles. The van der Waals surface area contributed by atoms with Crippen LogP contribution in [0.4, 0.5) is 0 Å². The predicted molar refractivity (Wildman–Crippen MR) is 110 cm³/mol. The molecule has 0 saturated carbocycles. The second kappa shape index (κ2) is 7.64. The zero-order valence-corrected chi connectivity index (χ0v) is 16.9. The van der Waals surface area contributed by atoms with Crippen LogP contribution in [-0.2, 0) is 10.8 Å². The fraction of sp³-hybridized carbons (Fsp3) is 0.500. The third-order valence-electron chi connectivity index (χ3n) is 5.43. The van der Waals surface area contributed by atoms with Gasteiger partial charge < -0.3 is 4.74 Å². The van der Waals surface area contributed by atoms with Gasteiger partial charge in [0.05, 0.1) is 0 Å². The molecule has 0 aromatic heterocycles. The first-order valence-electron chi connectivity index (χ1n) is 9.56. The second-order valence-corrected chi connectivity index (χ2v) is 8.13. The normalized spacial score (nSPS) is 14.6. The smallest absolute Gasteiger partial charge is 0.127 e. The van der Waals surface area contributed by atoms with E-state index in [1.807, 2.05) is 6.08 Å². The van der Waals surface area contributed by atoms with E-state index in [1.54, 1.807) is 0 Å². The summed E-state index contributed by atoms with van der Waals surface area (Å²) < 4.78 is 6.30. The van der Waals surface area contributed by atoms with Crippen molar-refractivity contribution in [1.82, 2.24) is 0 Å². The van der Waals surface area contributed by atoms with Gasteiger partial charge in [-0.25, -0.2) is 0 Å². The lowest BCUT2D eigenvalue weighted by Gasteiger charge is -2.37. The van der Waals surface area contributed by atoms with E-state index < -0.39 is 0 Å². The van der Waals surface area contributed by atoms with Crippen LogP contribution in [0.3, 0.4) is 0 Å². The molecule has 25 heavy (non-hydrogen) atoms. The van der Waals surface area contributed by atoms with E-state index in [0.717, 1.165) is 25.0 Å². The fourth-order valence-electron chi connectivity index (χ4n) is 3.99. The Balaban J connectivity index is 2.78. The van der Waals surface area contributed by atoms with Gasteiger partial charge in [0.15, 0.2) is 0 Å². The van der Waals surface area contributed by atoms with Crippen molar-refractivity contribution in [3.05, 3.63) is 65.3 Å². The molecular weight excluding hydrogens is 304 g/mol. The van der Waals surface area contributed by atoms with Crippen LogP contribution in [-0.4, -0.2) is 6.61 Å². The molecule has 1 aliphatic rings. The summed E-state index contributed by atoms with van der Waals surface area (Å²) in [7, 11) is 0. The highest BCUT2D eigenvalue weighted by Crippen LogP contribution is 2.48. The first kappa shape index (κ1) is 19.6. The van der Waals surface area contributed by atoms with Crippen LogP contribution >= 0.6 is 0 Å². The number of ether oxygens (including phenoxy) is 1. The van der Waals surface area contributed by atoms with Crippen molar-refractivity contribution in [2.75, 3.05) is 6.61 Å². The summed E-state index contributed by atoms with van der Waals surface area (Å²) in [6, 6.07) is 4.63. The Bertz CT molecular complexity index is 679. The molecule has 0 amide bonds. The van der Waals surface area contributed by atoms with Gasteiger partial charge in [-0.05, 0) is 37.2 Å². The van der Waals surface area contributed by atoms with Crippen LogP contribution in [0.25, 0.3) is 0 Å². The van der Waals surface area contributed by atoms with Gasteiger partial charge in [-0.1, -0.05) is 83.2 Å². The number of hydrogen-bond acceptors (Lipinski definition) is 1. The van der Waals surface area contributed by atoms with Crippen LogP contribution in [0.15, 0.2) is 48.6 Å². The topological polar surface area (TPSA) is 9.23 Å². The third kappa shape index (κ3) is 3.76. The van der Waals surface area contributed by atoms with Gasteiger partial charge in [-0.15, -0.1) is 0 Å². The largest absolute Gasteiger partial charge is 0.489 e. The predicted octanol–water partition coefficient (Wildman–Crippen LogP) is 6.80. The van der Waals surface area contributed by atoms with Crippen molar-refractivity contribution in [3.63, 3.8) is 0 Å². The number of aryl methyl sites for hydroxylation is 1. The van der Waals surface area contributed by atoms with Crippen molar-refractivity contribution in [1.29, 1.82) is 0 Å². The Labute approximate surface area is 154 Å². The van der Waals surface area contributed by atoms with Crippen LogP contribution in [0.1, 0.15) is 70.6 Å². The molecule has 2 rings (SSSR count). The minimum absolute atomic E-state index is 0.00945. The molecule has 0 heterocycles.